The van der Waals surface area contributed by atoms with Crippen LogP contribution in [-0.2, 0) is 14.4 Å². The summed E-state index contributed by atoms with van der Waals surface area (Å²) in [5.41, 5.74) is 1.07. The Labute approximate surface area is 166 Å². The highest BCUT2D eigenvalue weighted by Gasteiger charge is 2.28. The summed E-state index contributed by atoms with van der Waals surface area (Å²) in [4.78, 5) is 40.6. The fourth-order valence-corrected chi connectivity index (χ4v) is 3.93. The molecular weight excluding hydrogens is 358 g/mol. The Balaban J connectivity index is 1.43. The minimum Gasteiger partial charge on any atom is -0.497 e. The molecule has 7 nitrogen and oxygen atoms in total. The highest BCUT2D eigenvalue weighted by atomic mass is 16.5. The maximum absolute atomic E-state index is 12.4. The number of benzene rings is 1. The van der Waals surface area contributed by atoms with Gasteiger partial charge in [-0.05, 0) is 25.0 Å². The number of ketones is 1. The van der Waals surface area contributed by atoms with Gasteiger partial charge in [0.25, 0.3) is 5.91 Å². The van der Waals surface area contributed by atoms with Crippen LogP contribution in [0.15, 0.2) is 24.3 Å². The Bertz CT molecular complexity index is 707. The summed E-state index contributed by atoms with van der Waals surface area (Å²) in [7, 11) is 1.64. The summed E-state index contributed by atoms with van der Waals surface area (Å²) in [6.45, 7) is 2.49. The van der Waals surface area contributed by atoms with Crippen LogP contribution >= 0.6 is 0 Å². The Morgan fingerprint density at radius 2 is 1.79 bits per heavy atom. The van der Waals surface area contributed by atoms with Crippen molar-refractivity contribution in [3.8, 4) is 5.75 Å². The number of piperazine rings is 1. The standard InChI is InChI=1S/C21H29N3O4/c1-28-18-9-5-8-17(14-18)23-10-12-24(13-11-23)19(25)15-22-21(27)20(26)16-6-3-2-4-7-16/h5,8-9,14,16H,2-4,6-7,10-13,15H2,1H3,(H,22,27). The number of hydrogen-bond donors (Lipinski definition) is 1. The van der Waals surface area contributed by atoms with E-state index in [4.69, 9.17) is 4.74 Å². The molecule has 0 radical (unpaired) electrons. The molecule has 1 aromatic carbocycles. The van der Waals surface area contributed by atoms with E-state index in [1.54, 1.807) is 12.0 Å². The van der Waals surface area contributed by atoms with Crippen LogP contribution in [-0.4, -0.2) is 62.3 Å². The van der Waals surface area contributed by atoms with Gasteiger partial charge in [-0.15, -0.1) is 0 Å². The van der Waals surface area contributed by atoms with Crippen molar-refractivity contribution in [2.24, 2.45) is 5.92 Å². The van der Waals surface area contributed by atoms with Gasteiger partial charge in [0.1, 0.15) is 5.75 Å². The molecule has 0 aromatic heterocycles. The molecule has 2 amide bonds. The highest BCUT2D eigenvalue weighted by molar-refractivity contribution is 6.37. The van der Waals surface area contributed by atoms with Crippen molar-refractivity contribution in [3.63, 3.8) is 0 Å². The minimum atomic E-state index is -0.615. The Morgan fingerprint density at radius 3 is 2.46 bits per heavy atom. The van der Waals surface area contributed by atoms with Gasteiger partial charge in [-0.2, -0.15) is 0 Å². The lowest BCUT2D eigenvalue weighted by molar-refractivity contribution is -0.142. The highest BCUT2D eigenvalue weighted by Crippen LogP contribution is 2.24. The molecule has 1 aliphatic heterocycles. The van der Waals surface area contributed by atoms with Crippen molar-refractivity contribution in [1.82, 2.24) is 10.2 Å². The normalized spacial score (nSPS) is 17.9. The Morgan fingerprint density at radius 1 is 1.07 bits per heavy atom. The number of hydrogen-bond acceptors (Lipinski definition) is 5. The van der Waals surface area contributed by atoms with Crippen LogP contribution in [0.2, 0.25) is 0 Å². The van der Waals surface area contributed by atoms with Crippen LogP contribution in [0.25, 0.3) is 0 Å². The molecule has 2 aliphatic rings. The van der Waals surface area contributed by atoms with Crippen LogP contribution in [0.3, 0.4) is 0 Å². The fraction of sp³-hybridized carbons (Fsp3) is 0.571. The number of carbonyl (C=O) groups is 3. The van der Waals surface area contributed by atoms with E-state index >= 15 is 0 Å². The molecule has 1 aromatic rings. The lowest BCUT2D eigenvalue weighted by Gasteiger charge is -2.36. The van der Waals surface area contributed by atoms with Crippen molar-refractivity contribution in [2.45, 2.75) is 32.1 Å². The third-order valence-electron chi connectivity index (χ3n) is 5.65. The number of Topliss-reactive ketones (excluding diaryl/α,β-unsaturated/α-hetero) is 1. The molecule has 7 heteroatoms. The molecule has 0 bridgehead atoms. The molecule has 1 heterocycles. The number of carbonyl (C=O) groups excluding carboxylic acids is 3. The van der Waals surface area contributed by atoms with E-state index < -0.39 is 5.91 Å². The Hall–Kier alpha value is -2.57. The van der Waals surface area contributed by atoms with Crippen LogP contribution < -0.4 is 15.0 Å². The third kappa shape index (κ3) is 5.03. The largest absolute Gasteiger partial charge is 0.497 e. The van der Waals surface area contributed by atoms with Gasteiger partial charge in [-0.25, -0.2) is 0 Å². The summed E-state index contributed by atoms with van der Waals surface area (Å²) in [6, 6.07) is 7.86. The number of nitrogens with one attached hydrogen (secondary N) is 1. The molecule has 3 rings (SSSR count). The van der Waals surface area contributed by atoms with Crippen LogP contribution in [0.4, 0.5) is 5.69 Å². The maximum Gasteiger partial charge on any atom is 0.288 e. The van der Waals surface area contributed by atoms with Crippen molar-refractivity contribution in [2.75, 3.05) is 44.7 Å². The lowest BCUT2D eigenvalue weighted by Crippen LogP contribution is -2.51. The molecule has 0 spiro atoms. The molecule has 28 heavy (non-hydrogen) atoms. The second-order valence-electron chi connectivity index (χ2n) is 7.45. The van der Waals surface area contributed by atoms with E-state index in [-0.39, 0.29) is 24.2 Å². The first-order valence-electron chi connectivity index (χ1n) is 10.1. The average Bonchev–Trinajstić information content (AvgIpc) is 2.77. The van der Waals surface area contributed by atoms with Crippen molar-refractivity contribution >= 4 is 23.3 Å². The third-order valence-corrected chi connectivity index (χ3v) is 5.65. The number of rotatable bonds is 6. The zero-order valence-electron chi connectivity index (χ0n) is 16.5. The predicted molar refractivity (Wildman–Crippen MR) is 106 cm³/mol. The molecule has 0 atom stereocenters. The van der Waals surface area contributed by atoms with Crippen LogP contribution in [0, 0.1) is 5.92 Å². The zero-order valence-corrected chi connectivity index (χ0v) is 16.5. The summed E-state index contributed by atoms with van der Waals surface area (Å²) in [5, 5.41) is 2.52. The van der Waals surface area contributed by atoms with Gasteiger partial charge in [-0.1, -0.05) is 25.3 Å². The smallest absolute Gasteiger partial charge is 0.288 e. The number of ether oxygens (including phenoxy) is 1. The summed E-state index contributed by atoms with van der Waals surface area (Å²) < 4.78 is 5.26. The summed E-state index contributed by atoms with van der Waals surface area (Å²) in [6.07, 6.45) is 4.70. The lowest BCUT2D eigenvalue weighted by atomic mass is 9.86. The van der Waals surface area contributed by atoms with E-state index in [1.807, 2.05) is 24.3 Å². The van der Waals surface area contributed by atoms with Gasteiger partial charge < -0.3 is 19.9 Å². The molecule has 2 fully saturated rings. The van der Waals surface area contributed by atoms with E-state index in [0.29, 0.717) is 26.2 Å². The van der Waals surface area contributed by atoms with Gasteiger partial charge >= 0.3 is 0 Å². The molecule has 0 unspecified atom stereocenters. The van der Waals surface area contributed by atoms with Gasteiger partial charge in [-0.3, -0.25) is 14.4 Å². The molecule has 1 aliphatic carbocycles. The van der Waals surface area contributed by atoms with Gasteiger partial charge in [0.15, 0.2) is 0 Å². The SMILES string of the molecule is COc1cccc(N2CCN(C(=O)CNC(=O)C(=O)C3CCCCC3)CC2)c1. The first kappa shape index (κ1) is 20.2. The summed E-state index contributed by atoms with van der Waals surface area (Å²) >= 11 is 0. The van der Waals surface area contributed by atoms with Crippen LogP contribution in [0.1, 0.15) is 32.1 Å². The fourth-order valence-electron chi connectivity index (χ4n) is 3.93. The zero-order chi connectivity index (χ0) is 19.9. The van der Waals surface area contributed by atoms with E-state index in [1.165, 1.54) is 0 Å². The monoisotopic (exact) mass is 387 g/mol. The second kappa shape index (κ2) is 9.57. The molecule has 1 N–H and O–H groups in total. The van der Waals surface area contributed by atoms with Crippen LogP contribution in [0.5, 0.6) is 5.75 Å². The molecule has 1 saturated heterocycles. The maximum atomic E-state index is 12.4. The molecular formula is C21H29N3O4. The number of methoxy groups -OCH3 is 1. The van der Waals surface area contributed by atoms with Crippen molar-refractivity contribution in [1.29, 1.82) is 0 Å². The number of nitrogens with zero attached hydrogens (tertiary/aromatic N) is 2. The van der Waals surface area contributed by atoms with E-state index in [2.05, 4.69) is 10.2 Å². The van der Waals surface area contributed by atoms with Gasteiger partial charge in [0, 0.05) is 43.9 Å². The Kier molecular flexibility index (Phi) is 6.90. The van der Waals surface area contributed by atoms with Gasteiger partial charge in [0.05, 0.1) is 13.7 Å². The molecule has 152 valence electrons. The number of anilines is 1. The van der Waals surface area contributed by atoms with E-state index in [0.717, 1.165) is 43.5 Å². The minimum absolute atomic E-state index is 0.115. The van der Waals surface area contributed by atoms with Crippen molar-refractivity contribution in [3.05, 3.63) is 24.3 Å². The summed E-state index contributed by atoms with van der Waals surface area (Å²) in [5.74, 6) is -0.489. The predicted octanol–water partition coefficient (Wildman–Crippen LogP) is 1.61. The van der Waals surface area contributed by atoms with Gasteiger partial charge in [0.2, 0.25) is 11.7 Å². The quantitative estimate of drug-likeness (QED) is 0.751. The molecule has 1 saturated carbocycles. The topological polar surface area (TPSA) is 79.0 Å². The van der Waals surface area contributed by atoms with Crippen molar-refractivity contribution < 1.29 is 19.1 Å². The number of amides is 2. The van der Waals surface area contributed by atoms with E-state index in [9.17, 15) is 14.4 Å². The second-order valence-corrected chi connectivity index (χ2v) is 7.45. The average molecular weight is 387 g/mol. The first-order valence-corrected chi connectivity index (χ1v) is 10.1. The first-order chi connectivity index (χ1) is 13.6.